The second kappa shape index (κ2) is 5.32. The number of hydrogen-bond acceptors (Lipinski definition) is 3. The Balaban J connectivity index is 2.86. The van der Waals surface area contributed by atoms with Crippen LogP contribution in [0.3, 0.4) is 0 Å². The first-order valence-electron chi connectivity index (χ1n) is 4.69. The van der Waals surface area contributed by atoms with E-state index in [1.807, 2.05) is 6.92 Å². The van der Waals surface area contributed by atoms with Gasteiger partial charge in [-0.15, -0.1) is 0 Å². The van der Waals surface area contributed by atoms with Crippen LogP contribution in [-0.4, -0.2) is 19.7 Å². The van der Waals surface area contributed by atoms with Crippen molar-refractivity contribution in [3.05, 3.63) is 29.6 Å². The quantitative estimate of drug-likeness (QED) is 0.818. The molecule has 0 aromatic heterocycles. The average Bonchev–Trinajstić information content (AvgIpc) is 2.18. The fourth-order valence-electron chi connectivity index (χ4n) is 1.26. The Morgan fingerprint density at radius 3 is 2.93 bits per heavy atom. The van der Waals surface area contributed by atoms with Gasteiger partial charge in [0.1, 0.15) is 29.3 Å². The number of ether oxygens (including phenoxy) is 1. The van der Waals surface area contributed by atoms with Crippen LogP contribution in [0.5, 0.6) is 5.75 Å². The van der Waals surface area contributed by atoms with E-state index in [0.29, 0.717) is 12.3 Å². The van der Waals surface area contributed by atoms with Gasteiger partial charge in [-0.3, -0.25) is 0 Å². The monoisotopic (exact) mass is 208 g/mol. The molecule has 0 aliphatic carbocycles. The van der Waals surface area contributed by atoms with Gasteiger partial charge in [-0.05, 0) is 26.1 Å². The van der Waals surface area contributed by atoms with E-state index in [1.165, 1.54) is 12.1 Å². The first-order valence-corrected chi connectivity index (χ1v) is 4.69. The molecular formula is C11H13FN2O. The Bertz CT molecular complexity index is 373. The Hall–Kier alpha value is -1.60. The molecule has 0 radical (unpaired) electrons. The minimum Gasteiger partial charge on any atom is -0.488 e. The summed E-state index contributed by atoms with van der Waals surface area (Å²) >= 11 is 0. The molecule has 1 N–H and O–H groups in total. The van der Waals surface area contributed by atoms with Crippen molar-refractivity contribution in [1.82, 2.24) is 5.32 Å². The third-order valence-corrected chi connectivity index (χ3v) is 1.91. The van der Waals surface area contributed by atoms with Crippen LogP contribution in [0.2, 0.25) is 0 Å². The second-order valence-corrected chi connectivity index (χ2v) is 3.21. The molecule has 0 heterocycles. The Morgan fingerprint density at radius 1 is 1.60 bits per heavy atom. The van der Waals surface area contributed by atoms with Crippen LogP contribution in [0.1, 0.15) is 12.5 Å². The summed E-state index contributed by atoms with van der Waals surface area (Å²) in [5, 5.41) is 11.7. The van der Waals surface area contributed by atoms with E-state index < -0.39 is 5.82 Å². The number of benzene rings is 1. The lowest BCUT2D eigenvalue weighted by Crippen LogP contribution is -2.26. The highest BCUT2D eigenvalue weighted by molar-refractivity contribution is 5.43. The molecular weight excluding hydrogens is 195 g/mol. The maximum absolute atomic E-state index is 13.2. The van der Waals surface area contributed by atoms with Gasteiger partial charge in [0.2, 0.25) is 0 Å². The standard InChI is InChI=1S/C11H13FN2O/c1-8(7-14-2)15-11-5-3-4-10(12)9(11)6-13/h3-5,8,14H,7H2,1-2H3. The summed E-state index contributed by atoms with van der Waals surface area (Å²) in [7, 11) is 1.80. The van der Waals surface area contributed by atoms with Gasteiger partial charge in [0, 0.05) is 6.54 Å². The van der Waals surface area contributed by atoms with Crippen LogP contribution in [0.25, 0.3) is 0 Å². The summed E-state index contributed by atoms with van der Waals surface area (Å²) in [5.74, 6) is -0.257. The molecule has 1 unspecified atom stereocenters. The second-order valence-electron chi connectivity index (χ2n) is 3.21. The molecule has 0 fully saturated rings. The van der Waals surface area contributed by atoms with E-state index in [0.717, 1.165) is 0 Å². The zero-order valence-corrected chi connectivity index (χ0v) is 8.75. The molecule has 1 aromatic rings. The molecule has 0 saturated heterocycles. The van der Waals surface area contributed by atoms with Crippen molar-refractivity contribution < 1.29 is 9.13 Å². The van der Waals surface area contributed by atoms with Gasteiger partial charge in [-0.2, -0.15) is 5.26 Å². The highest BCUT2D eigenvalue weighted by Crippen LogP contribution is 2.21. The molecule has 0 aliphatic rings. The molecule has 1 rings (SSSR count). The summed E-state index contributed by atoms with van der Waals surface area (Å²) in [6.07, 6.45) is -0.108. The van der Waals surface area contributed by atoms with Gasteiger partial charge in [-0.1, -0.05) is 6.07 Å². The van der Waals surface area contributed by atoms with Crippen LogP contribution in [0.4, 0.5) is 4.39 Å². The van der Waals surface area contributed by atoms with Crippen LogP contribution in [0.15, 0.2) is 18.2 Å². The van der Waals surface area contributed by atoms with Crippen molar-refractivity contribution in [3.63, 3.8) is 0 Å². The largest absolute Gasteiger partial charge is 0.488 e. The molecule has 4 heteroatoms. The number of halogens is 1. The third-order valence-electron chi connectivity index (χ3n) is 1.91. The number of nitrogens with one attached hydrogen (secondary N) is 1. The van der Waals surface area contributed by atoms with Crippen molar-refractivity contribution in [2.24, 2.45) is 0 Å². The minimum atomic E-state index is -0.549. The van der Waals surface area contributed by atoms with Crippen molar-refractivity contribution in [3.8, 4) is 11.8 Å². The highest BCUT2D eigenvalue weighted by atomic mass is 19.1. The minimum absolute atomic E-state index is 0.0412. The number of nitriles is 1. The summed E-state index contributed by atoms with van der Waals surface area (Å²) in [6, 6.07) is 6.15. The SMILES string of the molecule is CNCC(C)Oc1cccc(F)c1C#N. The third kappa shape index (κ3) is 2.93. The van der Waals surface area contributed by atoms with Gasteiger partial charge in [0.25, 0.3) is 0 Å². The lowest BCUT2D eigenvalue weighted by molar-refractivity contribution is 0.219. The predicted octanol–water partition coefficient (Wildman–Crippen LogP) is 1.68. The number of rotatable bonds is 4. The van der Waals surface area contributed by atoms with Crippen LogP contribution < -0.4 is 10.1 Å². The van der Waals surface area contributed by atoms with E-state index in [2.05, 4.69) is 5.32 Å². The van der Waals surface area contributed by atoms with Gasteiger partial charge in [0.05, 0.1) is 0 Å². The van der Waals surface area contributed by atoms with Crippen LogP contribution in [0, 0.1) is 17.1 Å². The average molecular weight is 208 g/mol. The molecule has 0 aliphatic heterocycles. The lowest BCUT2D eigenvalue weighted by Gasteiger charge is -2.15. The molecule has 80 valence electrons. The molecule has 0 bridgehead atoms. The van der Waals surface area contributed by atoms with E-state index in [4.69, 9.17) is 10.00 Å². The zero-order valence-electron chi connectivity index (χ0n) is 8.75. The maximum Gasteiger partial charge on any atom is 0.144 e. The molecule has 0 saturated carbocycles. The van der Waals surface area contributed by atoms with Crippen molar-refractivity contribution in [2.75, 3.05) is 13.6 Å². The molecule has 1 atom stereocenters. The van der Waals surface area contributed by atoms with E-state index >= 15 is 0 Å². The maximum atomic E-state index is 13.2. The number of likely N-dealkylation sites (N-methyl/N-ethyl adjacent to an activating group) is 1. The fourth-order valence-corrected chi connectivity index (χ4v) is 1.26. The van der Waals surface area contributed by atoms with Gasteiger partial charge in [-0.25, -0.2) is 4.39 Å². The number of nitrogens with zero attached hydrogens (tertiary/aromatic N) is 1. The zero-order chi connectivity index (χ0) is 11.3. The van der Waals surface area contributed by atoms with Crippen molar-refractivity contribution in [1.29, 1.82) is 5.26 Å². The Labute approximate surface area is 88.5 Å². The van der Waals surface area contributed by atoms with E-state index in [9.17, 15) is 4.39 Å². The lowest BCUT2D eigenvalue weighted by atomic mass is 10.2. The first-order chi connectivity index (χ1) is 7.19. The Morgan fingerprint density at radius 2 is 2.33 bits per heavy atom. The smallest absolute Gasteiger partial charge is 0.144 e. The molecule has 3 nitrogen and oxygen atoms in total. The molecule has 0 spiro atoms. The van der Waals surface area contributed by atoms with E-state index in [-0.39, 0.29) is 11.7 Å². The Kier molecular flexibility index (Phi) is 4.07. The van der Waals surface area contributed by atoms with Gasteiger partial charge >= 0.3 is 0 Å². The summed E-state index contributed by atoms with van der Waals surface area (Å²) in [5.41, 5.74) is -0.0412. The molecule has 15 heavy (non-hydrogen) atoms. The van der Waals surface area contributed by atoms with Crippen molar-refractivity contribution in [2.45, 2.75) is 13.0 Å². The number of hydrogen-bond donors (Lipinski definition) is 1. The van der Waals surface area contributed by atoms with Crippen molar-refractivity contribution >= 4 is 0 Å². The normalized spacial score (nSPS) is 11.9. The summed E-state index contributed by atoms with van der Waals surface area (Å²) < 4.78 is 18.6. The van der Waals surface area contributed by atoms with Gasteiger partial charge < -0.3 is 10.1 Å². The van der Waals surface area contributed by atoms with E-state index in [1.54, 1.807) is 19.2 Å². The molecule has 0 amide bonds. The van der Waals surface area contributed by atoms with Crippen LogP contribution >= 0.6 is 0 Å². The topological polar surface area (TPSA) is 45.0 Å². The fraction of sp³-hybridized carbons (Fsp3) is 0.364. The highest BCUT2D eigenvalue weighted by Gasteiger charge is 2.11. The predicted molar refractivity (Wildman–Crippen MR) is 55.1 cm³/mol. The first kappa shape index (κ1) is 11.5. The molecule has 1 aromatic carbocycles. The summed E-state index contributed by atoms with van der Waals surface area (Å²) in [6.45, 7) is 2.49. The summed E-state index contributed by atoms with van der Waals surface area (Å²) in [4.78, 5) is 0. The van der Waals surface area contributed by atoms with Gasteiger partial charge in [0.15, 0.2) is 0 Å². The van der Waals surface area contributed by atoms with Crippen LogP contribution in [-0.2, 0) is 0 Å².